The molecule has 0 spiro atoms. The minimum Gasteiger partial charge on any atom is -0.376 e. The molecule has 1 aliphatic carbocycles. The maximum absolute atomic E-state index is 10.8. The maximum atomic E-state index is 10.8. The molecule has 6 heteroatoms. The van der Waals surface area contributed by atoms with Crippen LogP contribution in [0.2, 0.25) is 0 Å². The van der Waals surface area contributed by atoms with E-state index in [4.69, 9.17) is 10.6 Å². The molecule has 3 N–H and O–H groups in total. The molecule has 1 aromatic carbocycles. The van der Waals surface area contributed by atoms with Crippen LogP contribution in [0.4, 0.5) is 11.4 Å². The normalized spacial score (nSPS) is 14.6. The molecule has 0 aliphatic heterocycles. The van der Waals surface area contributed by atoms with Crippen LogP contribution in [0.5, 0.6) is 0 Å². The van der Waals surface area contributed by atoms with Crippen LogP contribution in [0.15, 0.2) is 18.2 Å². The smallest absolute Gasteiger partial charge is 0.294 e. The van der Waals surface area contributed by atoms with Crippen molar-refractivity contribution in [2.24, 2.45) is 11.8 Å². The number of nitrogen functional groups attached to an aromatic ring is 1. The largest absolute Gasteiger partial charge is 0.376 e. The lowest BCUT2D eigenvalue weighted by atomic mass is 10.2. The van der Waals surface area contributed by atoms with Crippen LogP contribution >= 0.6 is 0 Å². The van der Waals surface area contributed by atoms with Crippen molar-refractivity contribution in [3.05, 3.63) is 33.9 Å². The van der Waals surface area contributed by atoms with Gasteiger partial charge in [-0.3, -0.25) is 16.0 Å². The second-order valence-corrected chi connectivity index (χ2v) is 4.21. The predicted octanol–water partition coefficient (Wildman–Crippen LogP) is 1.81. The van der Waals surface area contributed by atoms with E-state index in [1.165, 1.54) is 18.9 Å². The molecule has 1 saturated carbocycles. The SMILES string of the molecule is NNc1ccc(COCC2CC2)cc1[N+](=O)[O-]. The van der Waals surface area contributed by atoms with E-state index in [0.717, 1.165) is 12.2 Å². The summed E-state index contributed by atoms with van der Waals surface area (Å²) in [4.78, 5) is 10.3. The highest BCUT2D eigenvalue weighted by molar-refractivity contribution is 5.61. The second kappa shape index (κ2) is 5.11. The van der Waals surface area contributed by atoms with E-state index < -0.39 is 4.92 Å². The fraction of sp³-hybridized carbons (Fsp3) is 0.455. The number of nitrogens with one attached hydrogen (secondary N) is 1. The van der Waals surface area contributed by atoms with Crippen LogP contribution in [-0.2, 0) is 11.3 Å². The van der Waals surface area contributed by atoms with Crippen molar-refractivity contribution in [3.63, 3.8) is 0 Å². The summed E-state index contributed by atoms with van der Waals surface area (Å²) in [5, 5.41) is 10.8. The number of benzene rings is 1. The molecule has 92 valence electrons. The summed E-state index contributed by atoms with van der Waals surface area (Å²) in [5.41, 5.74) is 3.37. The first-order chi connectivity index (χ1) is 8.20. The number of rotatable bonds is 6. The van der Waals surface area contributed by atoms with Gasteiger partial charge in [0.15, 0.2) is 0 Å². The van der Waals surface area contributed by atoms with Gasteiger partial charge in [-0.25, -0.2) is 0 Å². The zero-order chi connectivity index (χ0) is 12.3. The van der Waals surface area contributed by atoms with Crippen LogP contribution in [0.25, 0.3) is 0 Å². The van der Waals surface area contributed by atoms with Gasteiger partial charge in [-0.05, 0) is 30.4 Å². The molecule has 0 aromatic heterocycles. The number of hydrazine groups is 1. The van der Waals surface area contributed by atoms with Gasteiger partial charge in [0.2, 0.25) is 0 Å². The molecule has 1 aliphatic rings. The lowest BCUT2D eigenvalue weighted by molar-refractivity contribution is -0.384. The van der Waals surface area contributed by atoms with Crippen molar-refractivity contribution in [1.82, 2.24) is 0 Å². The van der Waals surface area contributed by atoms with E-state index in [-0.39, 0.29) is 5.69 Å². The lowest BCUT2D eigenvalue weighted by Crippen LogP contribution is -2.09. The number of nitro groups is 1. The fourth-order valence-corrected chi connectivity index (χ4v) is 1.57. The van der Waals surface area contributed by atoms with Crippen LogP contribution in [0.1, 0.15) is 18.4 Å². The van der Waals surface area contributed by atoms with Gasteiger partial charge < -0.3 is 10.2 Å². The molecular formula is C11H15N3O3. The van der Waals surface area contributed by atoms with Crippen molar-refractivity contribution in [1.29, 1.82) is 0 Å². The maximum Gasteiger partial charge on any atom is 0.294 e. The third kappa shape index (κ3) is 3.15. The van der Waals surface area contributed by atoms with E-state index in [1.807, 2.05) is 0 Å². The molecule has 0 radical (unpaired) electrons. The monoisotopic (exact) mass is 237 g/mol. The first kappa shape index (κ1) is 11.8. The Balaban J connectivity index is 2.01. The predicted molar refractivity (Wildman–Crippen MR) is 63.3 cm³/mol. The number of ether oxygens (including phenoxy) is 1. The Hall–Kier alpha value is -1.66. The van der Waals surface area contributed by atoms with Gasteiger partial charge >= 0.3 is 0 Å². The number of anilines is 1. The zero-order valence-corrected chi connectivity index (χ0v) is 9.39. The van der Waals surface area contributed by atoms with Crippen molar-refractivity contribution in [2.75, 3.05) is 12.0 Å². The molecule has 0 amide bonds. The molecule has 0 bridgehead atoms. The third-order valence-corrected chi connectivity index (χ3v) is 2.73. The average molecular weight is 237 g/mol. The van der Waals surface area contributed by atoms with Crippen LogP contribution in [0.3, 0.4) is 0 Å². The van der Waals surface area contributed by atoms with Crippen molar-refractivity contribution in [3.8, 4) is 0 Å². The Morgan fingerprint density at radius 3 is 2.88 bits per heavy atom. The van der Waals surface area contributed by atoms with Crippen molar-refractivity contribution < 1.29 is 9.66 Å². The highest BCUT2D eigenvalue weighted by Crippen LogP contribution is 2.29. The summed E-state index contributed by atoms with van der Waals surface area (Å²) < 4.78 is 5.48. The molecule has 0 saturated heterocycles. The van der Waals surface area contributed by atoms with Crippen LogP contribution < -0.4 is 11.3 Å². The molecule has 0 atom stereocenters. The number of nitro benzene ring substituents is 1. The molecule has 0 heterocycles. The van der Waals surface area contributed by atoms with Gasteiger partial charge in [0.1, 0.15) is 5.69 Å². The average Bonchev–Trinajstić information content (AvgIpc) is 3.13. The number of hydrogen-bond acceptors (Lipinski definition) is 5. The van der Waals surface area contributed by atoms with E-state index in [1.54, 1.807) is 12.1 Å². The molecule has 17 heavy (non-hydrogen) atoms. The van der Waals surface area contributed by atoms with Gasteiger partial charge in [0.05, 0.1) is 11.5 Å². The molecule has 0 unspecified atom stereocenters. The Bertz CT molecular complexity index is 418. The minimum absolute atomic E-state index is 0.0278. The number of hydrogen-bond donors (Lipinski definition) is 2. The van der Waals surface area contributed by atoms with Crippen molar-refractivity contribution >= 4 is 11.4 Å². The molecule has 1 fully saturated rings. The summed E-state index contributed by atoms with van der Waals surface area (Å²) in [6.45, 7) is 1.15. The second-order valence-electron chi connectivity index (χ2n) is 4.21. The zero-order valence-electron chi connectivity index (χ0n) is 9.39. The van der Waals surface area contributed by atoms with E-state index >= 15 is 0 Å². The van der Waals surface area contributed by atoms with Gasteiger partial charge in [-0.2, -0.15) is 0 Å². The van der Waals surface area contributed by atoms with E-state index in [9.17, 15) is 10.1 Å². The van der Waals surface area contributed by atoms with Gasteiger partial charge in [-0.1, -0.05) is 6.07 Å². The Morgan fingerprint density at radius 1 is 1.53 bits per heavy atom. The summed E-state index contributed by atoms with van der Waals surface area (Å²) in [7, 11) is 0. The summed E-state index contributed by atoms with van der Waals surface area (Å²) in [5.74, 6) is 5.89. The minimum atomic E-state index is -0.459. The molecular weight excluding hydrogens is 222 g/mol. The topological polar surface area (TPSA) is 90.4 Å². The van der Waals surface area contributed by atoms with E-state index in [2.05, 4.69) is 5.43 Å². The quantitative estimate of drug-likeness (QED) is 0.447. The fourth-order valence-electron chi connectivity index (χ4n) is 1.57. The van der Waals surface area contributed by atoms with Crippen molar-refractivity contribution in [2.45, 2.75) is 19.4 Å². The van der Waals surface area contributed by atoms with Crippen LogP contribution in [0, 0.1) is 16.0 Å². The Labute approximate surface area is 98.9 Å². The summed E-state index contributed by atoms with van der Waals surface area (Å²) >= 11 is 0. The summed E-state index contributed by atoms with van der Waals surface area (Å²) in [6, 6.07) is 4.85. The molecule has 1 aromatic rings. The molecule has 6 nitrogen and oxygen atoms in total. The van der Waals surface area contributed by atoms with Crippen LogP contribution in [-0.4, -0.2) is 11.5 Å². The van der Waals surface area contributed by atoms with Gasteiger partial charge in [-0.15, -0.1) is 0 Å². The third-order valence-electron chi connectivity index (χ3n) is 2.73. The number of nitrogens with two attached hydrogens (primary N) is 1. The van der Waals surface area contributed by atoms with E-state index in [0.29, 0.717) is 18.2 Å². The highest BCUT2D eigenvalue weighted by Gasteiger charge is 2.21. The first-order valence-electron chi connectivity index (χ1n) is 5.52. The summed E-state index contributed by atoms with van der Waals surface area (Å²) in [6.07, 6.45) is 2.46. The molecule has 2 rings (SSSR count). The Kier molecular flexibility index (Phi) is 3.55. The lowest BCUT2D eigenvalue weighted by Gasteiger charge is -2.06. The van der Waals surface area contributed by atoms with Gasteiger partial charge in [0, 0.05) is 12.7 Å². The highest BCUT2D eigenvalue weighted by atomic mass is 16.6. The number of nitrogens with zero attached hydrogens (tertiary/aromatic N) is 1. The first-order valence-corrected chi connectivity index (χ1v) is 5.52. The van der Waals surface area contributed by atoms with Gasteiger partial charge in [0.25, 0.3) is 5.69 Å². The Morgan fingerprint density at radius 2 is 2.29 bits per heavy atom. The standard InChI is InChI=1S/C11H15N3O3/c12-13-10-4-3-9(5-11(10)14(15)16)7-17-6-8-1-2-8/h3-5,8,13H,1-2,6-7,12H2.